The number of aromatic nitrogens is 1. The van der Waals surface area contributed by atoms with Gasteiger partial charge in [0.2, 0.25) is 0 Å². The van der Waals surface area contributed by atoms with Gasteiger partial charge in [0.05, 0.1) is 22.3 Å². The monoisotopic (exact) mass is 1810 g/mol. The van der Waals surface area contributed by atoms with E-state index in [9.17, 15) is 57.8 Å². The molecule has 0 radical (unpaired) electrons. The number of aryl methyl sites for hydroxylation is 12. The number of rotatable bonds is 13. The van der Waals surface area contributed by atoms with Gasteiger partial charge < -0.3 is 10.1 Å². The normalized spacial score (nSPS) is 12.0. The fourth-order valence-electron chi connectivity index (χ4n) is 15.7. The van der Waals surface area contributed by atoms with Crippen LogP contribution in [0.5, 0.6) is 5.75 Å². The smallest absolute Gasteiger partial charge is 0.416 e. The van der Waals surface area contributed by atoms with Gasteiger partial charge in [0.1, 0.15) is 40.4 Å². The van der Waals surface area contributed by atoms with Crippen molar-refractivity contribution >= 4 is 89.8 Å². The fraction of sp³-hybridized carbons (Fsp3) is 0.198. The van der Waals surface area contributed by atoms with Crippen LogP contribution < -0.4 is 48.1 Å². The third-order valence-corrected chi connectivity index (χ3v) is 28.8. The molecule has 1 heterocycles. The van der Waals surface area contributed by atoms with Crippen LogP contribution in [0.2, 0.25) is 10.0 Å². The molecule has 0 fully saturated rings. The average molecular weight is 1810 g/mol. The summed E-state index contributed by atoms with van der Waals surface area (Å²) >= 11 is 11.3. The minimum atomic E-state index is -5.35. The molecule has 0 unspecified atom stereocenters. The molecule has 0 aliphatic carbocycles. The van der Waals surface area contributed by atoms with Crippen molar-refractivity contribution in [1.29, 1.82) is 0 Å². The standard InChI is InChI=1S/C42H39OP.C32H24BF12.C10H12.C6H3Cl2N.C6H8N.W/c1-28-22-30(3)40(31(4)23-28)38-26-37(27-39(42(38)43)41-32(5)24-29(2)25-33(41)6)44(34-16-10-7-11-17-34,35-18-12-8-13-19-35)36-20-14-9-15-21-36;1-17-5-18(2)9-25(8-17)33(26-10-19(3)6-21(13-26)29(34,35)36,27-11-20(4)7-22(14-27)30(37,38)39)28-15-23(31(40,41)42)12-24(16-28)32(43,44)45;1-10(2,3)9-7-5-4-6-8-9;7-4-2-1-3-5(8)6(4)9;1-5-3-4-6(2)7-5;/h7-27H,1-6H3;5-16H,1-4H3;1,4-8H,2-3H3;1-3H;3-4H,1-2H3;/q;-1;;;-1;/p+1. The van der Waals surface area contributed by atoms with Gasteiger partial charge in [-0.25, -0.2) is 0 Å². The molecule has 13 aromatic rings. The molecule has 116 heavy (non-hydrogen) atoms. The van der Waals surface area contributed by atoms with Crippen LogP contribution in [0.3, 0.4) is 0 Å². The quantitative estimate of drug-likeness (QED) is 0.0710. The molecular weight excluding hydrogens is 1720 g/mol. The first-order valence-corrected chi connectivity index (χ1v) is 42.8. The Morgan fingerprint density at radius 1 is 0.345 bits per heavy atom. The summed E-state index contributed by atoms with van der Waals surface area (Å²) in [7, 11) is -2.41. The Bertz CT molecular complexity index is 5380. The Balaban J connectivity index is 0.000000186. The van der Waals surface area contributed by atoms with Gasteiger partial charge in [0.15, 0.2) is 0 Å². The second-order valence-corrected chi connectivity index (χ2v) is 36.7. The number of hydrogen-bond acceptors (Lipinski definition) is 2. The van der Waals surface area contributed by atoms with E-state index in [2.05, 4.69) is 220 Å². The minimum Gasteiger partial charge on any atom is -0.665 e. The Hall–Kier alpha value is -9.69. The molecule has 13 rings (SSSR count). The van der Waals surface area contributed by atoms with Crippen LogP contribution in [-0.2, 0) is 48.0 Å². The predicted octanol–water partition coefficient (Wildman–Crippen LogP) is 24.5. The fourth-order valence-corrected chi connectivity index (χ4v) is 23.6. The second-order valence-electron chi connectivity index (χ2n) is 30.2. The SMILES string of the molecule is CC(C)([CH]=[W]=[N]c1c(Cl)cccc1Cl)c1ccccc1.Cc1cc(C)c(-c2cc([P+](c3ccccc3)(c3ccccc3)c3ccccc3)cc(-c3c(C)cc(C)cc3C)c2O)c(C)c1.Cc1cc(C)cc([B-](c2cc(C)cc(C(F)(F)F)c2)(c2cc(C)cc(C(F)(F)F)c2)c2cc(C(F)(F)F)cc(C(F)(F)F)c2)c1.Cc1ccc(C)[n-]1. The van der Waals surface area contributed by atoms with Crippen LogP contribution in [0.15, 0.2) is 264 Å². The first-order chi connectivity index (χ1) is 54.4. The third-order valence-electron chi connectivity index (χ3n) is 20.4. The number of benzene rings is 12. The summed E-state index contributed by atoms with van der Waals surface area (Å²) in [6.07, 6.45) is -24.3. The van der Waals surface area contributed by atoms with Crippen LogP contribution in [0.1, 0.15) is 109 Å². The molecule has 0 aliphatic heterocycles. The Kier molecular flexibility index (Phi) is 27.6. The summed E-state index contributed by atoms with van der Waals surface area (Å²) in [5.74, 6) is 0.339. The van der Waals surface area contributed by atoms with Gasteiger partial charge in [-0.15, -0.1) is 0 Å². The Morgan fingerprint density at radius 2 is 0.647 bits per heavy atom. The maximum Gasteiger partial charge on any atom is 0.416 e. The zero-order valence-electron chi connectivity index (χ0n) is 66.5. The zero-order chi connectivity index (χ0) is 84.8. The van der Waals surface area contributed by atoms with Crippen LogP contribution in [0, 0.1) is 83.1 Å². The van der Waals surface area contributed by atoms with Crippen molar-refractivity contribution in [3.8, 4) is 28.0 Å². The molecule has 1 aromatic heterocycles. The van der Waals surface area contributed by atoms with Crippen LogP contribution in [0.4, 0.5) is 58.4 Å². The van der Waals surface area contributed by atoms with E-state index in [1.165, 1.54) is 86.1 Å². The van der Waals surface area contributed by atoms with Gasteiger partial charge in [-0.2, -0.15) is 85.9 Å². The van der Waals surface area contributed by atoms with Gasteiger partial charge in [0, 0.05) is 11.1 Å². The van der Waals surface area contributed by atoms with Crippen molar-refractivity contribution in [2.24, 2.45) is 3.50 Å². The van der Waals surface area contributed by atoms with Gasteiger partial charge in [-0.3, -0.25) is 0 Å². The Morgan fingerprint density at radius 3 is 0.974 bits per heavy atom. The molecule has 0 amide bonds. The van der Waals surface area contributed by atoms with Crippen molar-refractivity contribution < 1.29 is 75.7 Å². The van der Waals surface area contributed by atoms with Crippen molar-refractivity contribution in [3.63, 3.8) is 0 Å². The van der Waals surface area contributed by atoms with E-state index in [1.807, 2.05) is 50.2 Å². The molecule has 0 atom stereocenters. The number of phenolic OH excluding ortho intramolecular Hbond substituents is 1. The molecular formula is C96H87BCl2F12N2OPW-. The molecule has 3 nitrogen and oxygen atoms in total. The largest absolute Gasteiger partial charge is 0.665 e. The summed E-state index contributed by atoms with van der Waals surface area (Å²) in [6, 6.07) is 76.2. The third kappa shape index (κ3) is 20.3. The van der Waals surface area contributed by atoms with E-state index in [-0.39, 0.29) is 28.1 Å². The van der Waals surface area contributed by atoms with Gasteiger partial charge in [-0.1, -0.05) is 193 Å². The Labute approximate surface area is 690 Å². The molecule has 0 saturated carbocycles. The summed E-state index contributed by atoms with van der Waals surface area (Å²) in [5.41, 5.74) is 8.34. The van der Waals surface area contributed by atoms with Crippen molar-refractivity contribution in [3.05, 3.63) is 366 Å². The van der Waals surface area contributed by atoms with Crippen LogP contribution in [-0.4, -0.2) is 15.7 Å². The van der Waals surface area contributed by atoms with E-state index in [1.54, 1.807) is 19.9 Å². The maximum absolute atomic E-state index is 14.2. The van der Waals surface area contributed by atoms with E-state index in [4.69, 9.17) is 23.2 Å². The first-order valence-electron chi connectivity index (χ1n) is 37.2. The van der Waals surface area contributed by atoms with Crippen LogP contribution in [0.25, 0.3) is 22.3 Å². The number of nitrogens with zero attached hydrogens (tertiary/aromatic N) is 2. The molecule has 1 N–H and O–H groups in total. The second kappa shape index (κ2) is 36.0. The summed E-state index contributed by atoms with van der Waals surface area (Å²) in [4.78, 5) is 4.11. The molecule has 12 aromatic carbocycles. The molecule has 0 saturated heterocycles. The number of hydrogen-bond donors (Lipinski definition) is 1. The summed E-state index contributed by atoms with van der Waals surface area (Å²) in [6.45, 7) is 26.9. The number of aromatic hydroxyl groups is 1. The van der Waals surface area contributed by atoms with E-state index < -0.39 is 94.7 Å². The summed E-state index contributed by atoms with van der Waals surface area (Å²) < 4.78 is 177. The average Bonchev–Trinajstić information content (AvgIpc) is 0.745. The molecule has 600 valence electrons. The van der Waals surface area contributed by atoms with Gasteiger partial charge in [-0.05, 0) is 169 Å². The van der Waals surface area contributed by atoms with Gasteiger partial charge >= 0.3 is 163 Å². The van der Waals surface area contributed by atoms with Crippen LogP contribution >= 0.6 is 30.5 Å². The minimum absolute atomic E-state index is 0.0309. The maximum atomic E-state index is 14.2. The predicted molar refractivity (Wildman–Crippen MR) is 455 cm³/mol. The topological polar surface area (TPSA) is 46.7 Å². The summed E-state index contributed by atoms with van der Waals surface area (Å²) in [5, 5.41) is 18.7. The number of phenols is 1. The van der Waals surface area contributed by atoms with Gasteiger partial charge in [0.25, 0.3) is 0 Å². The molecule has 0 spiro atoms. The van der Waals surface area contributed by atoms with E-state index in [0.29, 0.717) is 51.2 Å². The van der Waals surface area contributed by atoms with E-state index in [0.717, 1.165) is 63.6 Å². The number of halogens is 14. The van der Waals surface area contributed by atoms with Crippen molar-refractivity contribution in [1.82, 2.24) is 4.98 Å². The van der Waals surface area contributed by atoms with E-state index >= 15 is 0 Å². The van der Waals surface area contributed by atoms with Crippen molar-refractivity contribution in [2.75, 3.05) is 0 Å². The first kappa shape index (κ1) is 88.7. The van der Waals surface area contributed by atoms with Crippen molar-refractivity contribution in [2.45, 2.75) is 127 Å². The molecule has 20 heteroatoms. The molecule has 0 bridgehead atoms. The number of alkyl halides is 12. The molecule has 0 aliphatic rings. The zero-order valence-corrected chi connectivity index (χ0v) is 71.8.